The van der Waals surface area contributed by atoms with Crippen LogP contribution in [0.4, 0.5) is 4.39 Å². The predicted molar refractivity (Wildman–Crippen MR) is 97.4 cm³/mol. The second kappa shape index (κ2) is 7.40. The number of hydrogen-bond acceptors (Lipinski definition) is 4. The quantitative estimate of drug-likeness (QED) is 0.814. The Labute approximate surface area is 157 Å². The van der Waals surface area contributed by atoms with Crippen LogP contribution in [-0.4, -0.2) is 39.6 Å². The minimum atomic E-state index is -0.800. The van der Waals surface area contributed by atoms with Crippen molar-refractivity contribution in [3.8, 4) is 5.69 Å². The summed E-state index contributed by atoms with van der Waals surface area (Å²) in [6, 6.07) is 6.37. The molecule has 1 saturated heterocycles. The summed E-state index contributed by atoms with van der Waals surface area (Å²) in [5, 5.41) is 17.6. The zero-order chi connectivity index (χ0) is 18.9. The number of nitrogens with one attached hydrogen (secondary N) is 1. The van der Waals surface area contributed by atoms with E-state index in [2.05, 4.69) is 5.32 Å². The van der Waals surface area contributed by atoms with E-state index in [4.69, 9.17) is 9.84 Å². The Morgan fingerprint density at radius 2 is 2.00 bits per heavy atom. The molecule has 2 N–H and O–H groups in total. The Morgan fingerprint density at radius 1 is 1.26 bits per heavy atom. The van der Waals surface area contributed by atoms with Gasteiger partial charge < -0.3 is 15.2 Å². The van der Waals surface area contributed by atoms with Gasteiger partial charge in [-0.25, -0.2) is 9.07 Å². The van der Waals surface area contributed by atoms with Crippen LogP contribution in [0.3, 0.4) is 0 Å². The maximum atomic E-state index is 13.3. The van der Waals surface area contributed by atoms with Crippen LogP contribution in [0.2, 0.25) is 0 Å². The summed E-state index contributed by atoms with van der Waals surface area (Å²) < 4.78 is 20.6. The second-order valence-electron chi connectivity index (χ2n) is 7.43. The van der Waals surface area contributed by atoms with Gasteiger partial charge >= 0.3 is 5.97 Å². The fraction of sp³-hybridized carbons (Fsp3) is 0.500. The van der Waals surface area contributed by atoms with Crippen molar-refractivity contribution in [1.29, 1.82) is 0 Å². The van der Waals surface area contributed by atoms with E-state index in [-0.39, 0.29) is 12.2 Å². The first-order valence-corrected chi connectivity index (χ1v) is 9.46. The van der Waals surface area contributed by atoms with E-state index in [0.717, 1.165) is 30.6 Å². The van der Waals surface area contributed by atoms with Gasteiger partial charge in [0.1, 0.15) is 5.82 Å². The molecule has 2 heterocycles. The molecule has 1 aliphatic heterocycles. The van der Waals surface area contributed by atoms with E-state index in [1.54, 1.807) is 12.1 Å². The van der Waals surface area contributed by atoms with Crippen molar-refractivity contribution < 1.29 is 19.0 Å². The van der Waals surface area contributed by atoms with Crippen LogP contribution in [0, 0.1) is 5.82 Å². The van der Waals surface area contributed by atoms with Gasteiger partial charge in [-0.05, 0) is 61.9 Å². The molecule has 4 rings (SSSR count). The van der Waals surface area contributed by atoms with Gasteiger partial charge in [-0.1, -0.05) is 0 Å². The van der Waals surface area contributed by atoms with Crippen molar-refractivity contribution in [2.24, 2.45) is 0 Å². The fourth-order valence-corrected chi connectivity index (χ4v) is 4.19. The lowest BCUT2D eigenvalue weighted by molar-refractivity contribution is -0.139. The summed E-state index contributed by atoms with van der Waals surface area (Å²) in [7, 11) is 0. The minimum Gasteiger partial charge on any atom is -0.481 e. The highest BCUT2D eigenvalue weighted by Crippen LogP contribution is 2.30. The molecular weight excluding hydrogens is 349 g/mol. The smallest absolute Gasteiger partial charge is 0.305 e. The SMILES string of the molecule is O=C(O)CC1(NCc2nn(-c3ccc(F)cc3)c3c2CCC3)CCOCC1. The van der Waals surface area contributed by atoms with E-state index in [1.807, 2.05) is 4.68 Å². The normalized spacial score (nSPS) is 18.4. The average Bonchev–Trinajstić information content (AvgIpc) is 3.24. The van der Waals surface area contributed by atoms with Crippen LogP contribution in [-0.2, 0) is 28.9 Å². The van der Waals surface area contributed by atoms with Crippen molar-refractivity contribution in [2.75, 3.05) is 13.2 Å². The highest BCUT2D eigenvalue weighted by molar-refractivity contribution is 5.68. The Bertz CT molecular complexity index is 826. The summed E-state index contributed by atoms with van der Waals surface area (Å²) in [5.74, 6) is -1.06. The van der Waals surface area contributed by atoms with Crippen LogP contribution in [0.5, 0.6) is 0 Å². The van der Waals surface area contributed by atoms with E-state index in [9.17, 15) is 14.3 Å². The molecule has 0 spiro atoms. The van der Waals surface area contributed by atoms with Crippen molar-refractivity contribution in [3.05, 3.63) is 47.0 Å². The van der Waals surface area contributed by atoms with Gasteiger partial charge in [0.05, 0.1) is 17.8 Å². The molecule has 0 saturated carbocycles. The largest absolute Gasteiger partial charge is 0.481 e. The summed E-state index contributed by atoms with van der Waals surface area (Å²) in [4.78, 5) is 11.4. The van der Waals surface area contributed by atoms with E-state index < -0.39 is 11.5 Å². The third kappa shape index (κ3) is 3.75. The second-order valence-corrected chi connectivity index (χ2v) is 7.43. The van der Waals surface area contributed by atoms with Crippen LogP contribution in [0.1, 0.15) is 42.6 Å². The van der Waals surface area contributed by atoms with Gasteiger partial charge in [0, 0.05) is 31.0 Å². The molecule has 1 fully saturated rings. The molecule has 2 aliphatic rings. The van der Waals surface area contributed by atoms with Gasteiger partial charge in [0.15, 0.2) is 0 Å². The van der Waals surface area contributed by atoms with Gasteiger partial charge in [-0.3, -0.25) is 4.79 Å². The predicted octanol–water partition coefficient (Wildman–Crippen LogP) is 2.61. The van der Waals surface area contributed by atoms with Crippen molar-refractivity contribution in [3.63, 3.8) is 0 Å². The van der Waals surface area contributed by atoms with Gasteiger partial charge in [0.25, 0.3) is 0 Å². The molecule has 0 atom stereocenters. The lowest BCUT2D eigenvalue weighted by Gasteiger charge is -2.37. The molecule has 27 heavy (non-hydrogen) atoms. The van der Waals surface area contributed by atoms with Gasteiger partial charge in [0.2, 0.25) is 0 Å². The number of carboxylic acid groups (broad SMARTS) is 1. The van der Waals surface area contributed by atoms with Crippen molar-refractivity contribution in [1.82, 2.24) is 15.1 Å². The van der Waals surface area contributed by atoms with Gasteiger partial charge in [-0.15, -0.1) is 0 Å². The standard InChI is InChI=1S/C20H24FN3O3/c21-14-4-6-15(7-5-14)24-18-3-1-2-16(18)17(23-24)13-22-20(12-19(25)26)8-10-27-11-9-20/h4-7,22H,1-3,8-13H2,(H,25,26). The number of rotatable bonds is 6. The van der Waals surface area contributed by atoms with E-state index in [0.29, 0.717) is 32.6 Å². The van der Waals surface area contributed by atoms with Crippen LogP contribution < -0.4 is 5.32 Å². The number of aliphatic carboxylic acids is 1. The molecule has 1 aromatic heterocycles. The first-order valence-electron chi connectivity index (χ1n) is 9.46. The molecule has 0 amide bonds. The van der Waals surface area contributed by atoms with E-state index in [1.165, 1.54) is 23.4 Å². The molecule has 6 nitrogen and oxygen atoms in total. The summed E-state index contributed by atoms with van der Waals surface area (Å²) in [6.07, 6.45) is 4.45. The lowest BCUT2D eigenvalue weighted by atomic mass is 9.86. The number of hydrogen-bond donors (Lipinski definition) is 2. The number of carbonyl (C=O) groups is 1. The zero-order valence-electron chi connectivity index (χ0n) is 15.2. The number of carboxylic acids is 1. The monoisotopic (exact) mass is 373 g/mol. The van der Waals surface area contributed by atoms with E-state index >= 15 is 0 Å². The Hall–Kier alpha value is -2.25. The third-order valence-electron chi connectivity index (χ3n) is 5.65. The highest BCUT2D eigenvalue weighted by Gasteiger charge is 2.35. The first-order chi connectivity index (χ1) is 13.1. The number of halogens is 1. The molecule has 0 radical (unpaired) electrons. The lowest BCUT2D eigenvalue weighted by Crippen LogP contribution is -2.50. The van der Waals surface area contributed by atoms with Crippen molar-refractivity contribution in [2.45, 2.75) is 50.6 Å². The topological polar surface area (TPSA) is 76.4 Å². The number of ether oxygens (including phenoxy) is 1. The summed E-state index contributed by atoms with van der Waals surface area (Å²) in [5.41, 5.74) is 3.78. The molecule has 1 aliphatic carbocycles. The Morgan fingerprint density at radius 3 is 2.70 bits per heavy atom. The molecule has 7 heteroatoms. The van der Waals surface area contributed by atoms with Gasteiger partial charge in [-0.2, -0.15) is 5.10 Å². The molecule has 0 unspecified atom stereocenters. The zero-order valence-corrected chi connectivity index (χ0v) is 15.2. The third-order valence-corrected chi connectivity index (χ3v) is 5.65. The maximum Gasteiger partial charge on any atom is 0.305 e. The van der Waals surface area contributed by atoms with Crippen molar-refractivity contribution >= 4 is 5.97 Å². The first kappa shape index (κ1) is 18.1. The molecule has 0 bridgehead atoms. The highest BCUT2D eigenvalue weighted by atomic mass is 19.1. The molecule has 2 aromatic rings. The van der Waals surface area contributed by atoms with Crippen LogP contribution in [0.15, 0.2) is 24.3 Å². The summed E-state index contributed by atoms with van der Waals surface area (Å²) >= 11 is 0. The number of benzene rings is 1. The maximum absolute atomic E-state index is 13.3. The fourth-order valence-electron chi connectivity index (χ4n) is 4.19. The average molecular weight is 373 g/mol. The molecular formula is C20H24FN3O3. The Kier molecular flexibility index (Phi) is 4.97. The number of fused-ring (bicyclic) bond motifs is 1. The Balaban J connectivity index is 1.58. The summed E-state index contributed by atoms with van der Waals surface area (Å²) in [6.45, 7) is 1.68. The van der Waals surface area contributed by atoms with Crippen LogP contribution in [0.25, 0.3) is 5.69 Å². The minimum absolute atomic E-state index is 0.0806. The molecule has 144 valence electrons. The number of aromatic nitrogens is 2. The molecule has 1 aromatic carbocycles. The van der Waals surface area contributed by atoms with Crippen LogP contribution >= 0.6 is 0 Å². The number of nitrogens with zero attached hydrogens (tertiary/aromatic N) is 2.